The fourth-order valence-corrected chi connectivity index (χ4v) is 5.18. The Kier molecular flexibility index (Phi) is 4.51. The third kappa shape index (κ3) is 2.79. The monoisotopic (exact) mass is 415 g/mol. The van der Waals surface area contributed by atoms with E-state index in [1.807, 2.05) is 42.2 Å². The summed E-state index contributed by atoms with van der Waals surface area (Å²) < 4.78 is 0. The Morgan fingerprint density at radius 1 is 1.03 bits per heavy atom. The molecule has 0 radical (unpaired) electrons. The van der Waals surface area contributed by atoms with E-state index in [9.17, 15) is 9.59 Å². The molecule has 5 nitrogen and oxygen atoms in total. The first kappa shape index (κ1) is 18.8. The van der Waals surface area contributed by atoms with Crippen LogP contribution in [-0.4, -0.2) is 24.1 Å². The van der Waals surface area contributed by atoms with Gasteiger partial charge in [0.15, 0.2) is 0 Å². The van der Waals surface area contributed by atoms with Crippen LogP contribution in [-0.2, 0) is 11.2 Å². The smallest absolute Gasteiger partial charge is 0.258 e. The molecule has 2 heterocycles. The number of nitrogens with two attached hydrogens (primary N) is 1. The zero-order chi connectivity index (χ0) is 20.8. The predicted molar refractivity (Wildman–Crippen MR) is 123 cm³/mol. The molecule has 0 spiro atoms. The Hall–Kier alpha value is -3.25. The van der Waals surface area contributed by atoms with Gasteiger partial charge in [-0.25, -0.2) is 0 Å². The van der Waals surface area contributed by atoms with Crippen LogP contribution in [0.25, 0.3) is 10.8 Å². The van der Waals surface area contributed by atoms with Crippen molar-refractivity contribution >= 4 is 51.4 Å². The van der Waals surface area contributed by atoms with E-state index in [0.717, 1.165) is 44.8 Å². The predicted octanol–water partition coefficient (Wildman–Crippen LogP) is 4.57. The summed E-state index contributed by atoms with van der Waals surface area (Å²) in [6.45, 7) is 2.62. The maximum atomic E-state index is 12.9. The van der Waals surface area contributed by atoms with Gasteiger partial charge in [-0.05, 0) is 49.2 Å². The highest BCUT2D eigenvalue weighted by Crippen LogP contribution is 2.47. The molecule has 0 bridgehead atoms. The van der Waals surface area contributed by atoms with Gasteiger partial charge in [0.1, 0.15) is 0 Å². The van der Waals surface area contributed by atoms with E-state index < -0.39 is 0 Å². The molecule has 0 fully saturated rings. The van der Waals surface area contributed by atoms with E-state index >= 15 is 0 Å². The quantitative estimate of drug-likeness (QED) is 0.663. The van der Waals surface area contributed by atoms with Gasteiger partial charge in [0.2, 0.25) is 5.91 Å². The van der Waals surface area contributed by atoms with Crippen LogP contribution in [0, 0.1) is 0 Å². The van der Waals surface area contributed by atoms with Crippen LogP contribution in [0.1, 0.15) is 22.8 Å². The summed E-state index contributed by atoms with van der Waals surface area (Å²) in [6.07, 6.45) is 2.94. The van der Waals surface area contributed by atoms with Gasteiger partial charge in [0.05, 0.1) is 27.8 Å². The fourth-order valence-electron chi connectivity index (χ4n) is 4.37. The largest absolute Gasteiger partial charge is 0.369 e. The summed E-state index contributed by atoms with van der Waals surface area (Å²) in [7, 11) is 0. The van der Waals surface area contributed by atoms with Crippen molar-refractivity contribution in [3.8, 4) is 0 Å². The maximum Gasteiger partial charge on any atom is 0.258 e. The van der Waals surface area contributed by atoms with Crippen LogP contribution in [0.2, 0.25) is 0 Å². The number of amides is 2. The minimum Gasteiger partial charge on any atom is -0.369 e. The van der Waals surface area contributed by atoms with Crippen molar-refractivity contribution in [2.24, 2.45) is 5.73 Å². The first-order valence-electron chi connectivity index (χ1n) is 9.97. The lowest BCUT2D eigenvalue weighted by molar-refractivity contribution is -0.115. The Labute approximate surface area is 179 Å². The molecule has 0 saturated heterocycles. The average molecular weight is 416 g/mol. The zero-order valence-corrected chi connectivity index (χ0v) is 17.4. The lowest BCUT2D eigenvalue weighted by Gasteiger charge is -2.33. The second-order valence-electron chi connectivity index (χ2n) is 7.35. The number of carbonyl (C=O) groups is 2. The molecule has 30 heavy (non-hydrogen) atoms. The third-order valence-corrected chi connectivity index (χ3v) is 6.70. The summed E-state index contributed by atoms with van der Waals surface area (Å²) >= 11 is 1.45. The Morgan fingerprint density at radius 2 is 1.83 bits per heavy atom. The minimum absolute atomic E-state index is 0.0492. The molecule has 0 atom stereocenters. The van der Waals surface area contributed by atoms with Gasteiger partial charge in [0.25, 0.3) is 5.91 Å². The molecule has 2 aliphatic heterocycles. The van der Waals surface area contributed by atoms with Gasteiger partial charge in [-0.1, -0.05) is 42.1 Å². The first-order chi connectivity index (χ1) is 14.6. The van der Waals surface area contributed by atoms with Crippen LogP contribution in [0.4, 0.5) is 17.1 Å². The molecule has 0 aromatic heterocycles. The number of nitrogens with zero attached hydrogens (tertiary/aromatic N) is 2. The van der Waals surface area contributed by atoms with Crippen molar-refractivity contribution in [3.63, 3.8) is 0 Å². The molecular weight excluding hydrogens is 394 g/mol. The summed E-state index contributed by atoms with van der Waals surface area (Å²) in [5, 5.41) is 2.99. The summed E-state index contributed by atoms with van der Waals surface area (Å²) in [5.74, 6) is -0.0779. The molecule has 3 aromatic rings. The van der Waals surface area contributed by atoms with Crippen molar-refractivity contribution in [1.82, 2.24) is 0 Å². The molecule has 0 aliphatic carbocycles. The van der Waals surface area contributed by atoms with E-state index in [1.54, 1.807) is 0 Å². The van der Waals surface area contributed by atoms with E-state index in [1.165, 1.54) is 17.3 Å². The van der Waals surface area contributed by atoms with Crippen LogP contribution < -0.4 is 15.5 Å². The highest BCUT2D eigenvalue weighted by molar-refractivity contribution is 8.03. The first-order valence-corrected chi connectivity index (χ1v) is 11.0. The number of hydrogen-bond donors (Lipinski definition) is 1. The Balaban J connectivity index is 1.73. The van der Waals surface area contributed by atoms with Crippen molar-refractivity contribution in [2.45, 2.75) is 13.3 Å². The van der Waals surface area contributed by atoms with Crippen LogP contribution in [0.15, 0.2) is 65.7 Å². The molecule has 3 aromatic carbocycles. The zero-order valence-electron chi connectivity index (χ0n) is 16.6. The van der Waals surface area contributed by atoms with Gasteiger partial charge in [-0.3, -0.25) is 9.59 Å². The van der Waals surface area contributed by atoms with Gasteiger partial charge in [0, 0.05) is 22.9 Å². The number of primary amides is 1. The van der Waals surface area contributed by atoms with Crippen molar-refractivity contribution in [1.29, 1.82) is 0 Å². The highest BCUT2D eigenvalue weighted by atomic mass is 32.2. The number of allylic oxidation sites excluding steroid dienone is 1. The molecule has 150 valence electrons. The molecule has 2 N–H and O–H groups in total. The molecule has 6 heteroatoms. The summed E-state index contributed by atoms with van der Waals surface area (Å²) in [4.78, 5) is 28.4. The highest BCUT2D eigenvalue weighted by Gasteiger charge is 2.31. The number of benzene rings is 3. The molecule has 5 rings (SSSR count). The SMILES string of the molecule is CCN1C(=O)c2cccc3c(N4C(SCC(N)=O)=CCc5ccccc54)ccc1c23. The third-order valence-electron chi connectivity index (χ3n) is 5.63. The number of fused-ring (bicyclic) bond motifs is 1. The minimum atomic E-state index is -0.343. The van der Waals surface area contributed by atoms with Crippen LogP contribution in [0.3, 0.4) is 0 Å². The molecule has 0 unspecified atom stereocenters. The van der Waals surface area contributed by atoms with E-state index in [0.29, 0.717) is 6.54 Å². The topological polar surface area (TPSA) is 66.6 Å². The van der Waals surface area contributed by atoms with Crippen LogP contribution >= 0.6 is 11.8 Å². The second kappa shape index (κ2) is 7.22. The van der Waals surface area contributed by atoms with E-state index in [-0.39, 0.29) is 17.6 Å². The van der Waals surface area contributed by atoms with E-state index in [4.69, 9.17) is 5.73 Å². The average Bonchev–Trinajstić information content (AvgIpc) is 3.05. The van der Waals surface area contributed by atoms with Gasteiger partial charge < -0.3 is 15.5 Å². The molecule has 2 amide bonds. The maximum absolute atomic E-state index is 12.9. The molecular formula is C24H21N3O2S. The van der Waals surface area contributed by atoms with Crippen molar-refractivity contribution in [2.75, 3.05) is 22.1 Å². The van der Waals surface area contributed by atoms with Gasteiger partial charge in [-0.2, -0.15) is 0 Å². The Bertz CT molecular complexity index is 1230. The summed E-state index contributed by atoms with van der Waals surface area (Å²) in [6, 6.07) is 18.3. The van der Waals surface area contributed by atoms with Crippen molar-refractivity contribution in [3.05, 3.63) is 76.8 Å². The van der Waals surface area contributed by atoms with Crippen molar-refractivity contribution < 1.29 is 9.59 Å². The second-order valence-corrected chi connectivity index (χ2v) is 8.34. The fraction of sp³-hybridized carbons (Fsp3) is 0.167. The lowest BCUT2D eigenvalue weighted by atomic mass is 10.0. The number of para-hydroxylation sites is 1. The van der Waals surface area contributed by atoms with Gasteiger partial charge in [-0.15, -0.1) is 0 Å². The number of rotatable bonds is 5. The number of carbonyl (C=O) groups excluding carboxylic acids is 2. The summed E-state index contributed by atoms with van der Waals surface area (Å²) in [5.41, 5.74) is 10.4. The molecule has 2 aliphatic rings. The normalized spacial score (nSPS) is 14.8. The van der Waals surface area contributed by atoms with Crippen LogP contribution in [0.5, 0.6) is 0 Å². The molecule has 0 saturated carbocycles. The van der Waals surface area contributed by atoms with E-state index in [2.05, 4.69) is 35.2 Å². The Morgan fingerprint density at radius 3 is 2.63 bits per heavy atom. The lowest BCUT2D eigenvalue weighted by Crippen LogP contribution is -2.26. The number of thioether (sulfide) groups is 1. The standard InChI is InChI=1S/C24H21N3O2S/c1-2-26-20-12-11-19(16-7-5-8-17(23(16)20)24(26)29)27-18-9-4-3-6-15(18)10-13-22(27)30-14-21(25)28/h3-9,11-13H,2,10,14H2,1H3,(H2,25,28). The number of anilines is 3. The van der Waals surface area contributed by atoms with Gasteiger partial charge >= 0.3 is 0 Å². The number of hydrogen-bond acceptors (Lipinski definition) is 4.